The van der Waals surface area contributed by atoms with Crippen LogP contribution in [0.15, 0.2) is 18.2 Å². The van der Waals surface area contributed by atoms with Crippen LogP contribution in [-0.2, 0) is 16.1 Å². The maximum atomic E-state index is 13.8. The molecule has 4 nitrogen and oxygen atoms in total. The van der Waals surface area contributed by atoms with Crippen molar-refractivity contribution >= 4 is 17.5 Å². The van der Waals surface area contributed by atoms with Crippen LogP contribution in [0.5, 0.6) is 0 Å². The summed E-state index contributed by atoms with van der Waals surface area (Å²) in [6.07, 6.45) is 1.53. The molecular formula is C16H20ClFN2O2. The van der Waals surface area contributed by atoms with Crippen molar-refractivity contribution in [3.63, 3.8) is 0 Å². The Morgan fingerprint density at radius 1 is 1.32 bits per heavy atom. The van der Waals surface area contributed by atoms with E-state index in [1.807, 2.05) is 4.90 Å². The molecule has 0 aromatic heterocycles. The average Bonchev–Trinajstić information content (AvgIpc) is 3.05. The summed E-state index contributed by atoms with van der Waals surface area (Å²) in [4.78, 5) is 16.3. The van der Waals surface area contributed by atoms with E-state index in [0.717, 1.165) is 25.9 Å². The maximum absolute atomic E-state index is 13.8. The highest BCUT2D eigenvalue weighted by atomic mass is 35.5. The molecule has 2 saturated heterocycles. The number of ether oxygens (including phenoxy) is 1. The van der Waals surface area contributed by atoms with Gasteiger partial charge < -0.3 is 9.64 Å². The lowest BCUT2D eigenvalue weighted by Crippen LogP contribution is -2.51. The molecule has 0 bridgehead atoms. The monoisotopic (exact) mass is 326 g/mol. The highest BCUT2D eigenvalue weighted by Crippen LogP contribution is 2.22. The summed E-state index contributed by atoms with van der Waals surface area (Å²) in [5.74, 6) is -0.175. The van der Waals surface area contributed by atoms with Crippen molar-refractivity contribution in [1.82, 2.24) is 9.80 Å². The third kappa shape index (κ3) is 3.42. The zero-order valence-corrected chi connectivity index (χ0v) is 13.2. The number of hydrogen-bond donors (Lipinski definition) is 0. The minimum Gasteiger partial charge on any atom is -0.368 e. The van der Waals surface area contributed by atoms with E-state index in [1.54, 1.807) is 12.1 Å². The van der Waals surface area contributed by atoms with E-state index in [9.17, 15) is 9.18 Å². The normalized spacial score (nSPS) is 23.0. The number of benzene rings is 1. The molecule has 1 aromatic rings. The fraction of sp³-hybridized carbons (Fsp3) is 0.562. The first-order valence-corrected chi connectivity index (χ1v) is 8.08. The lowest BCUT2D eigenvalue weighted by atomic mass is 10.1. The molecule has 3 rings (SSSR count). The Morgan fingerprint density at radius 3 is 2.73 bits per heavy atom. The molecule has 0 unspecified atom stereocenters. The number of amides is 1. The molecule has 0 aliphatic carbocycles. The molecule has 2 aliphatic heterocycles. The summed E-state index contributed by atoms with van der Waals surface area (Å²) in [7, 11) is 0. The van der Waals surface area contributed by atoms with E-state index in [-0.39, 0.29) is 17.8 Å². The van der Waals surface area contributed by atoms with Gasteiger partial charge in [-0.25, -0.2) is 4.39 Å². The fourth-order valence-corrected chi connectivity index (χ4v) is 3.23. The smallest absolute Gasteiger partial charge is 0.251 e. The summed E-state index contributed by atoms with van der Waals surface area (Å²) in [5.41, 5.74) is 0.531. The van der Waals surface area contributed by atoms with Crippen LogP contribution >= 0.6 is 11.6 Å². The lowest BCUT2D eigenvalue weighted by molar-refractivity contribution is -0.142. The van der Waals surface area contributed by atoms with E-state index in [4.69, 9.17) is 16.3 Å². The molecule has 0 spiro atoms. The van der Waals surface area contributed by atoms with Gasteiger partial charge in [0.15, 0.2) is 0 Å². The van der Waals surface area contributed by atoms with Gasteiger partial charge in [0.1, 0.15) is 11.9 Å². The average molecular weight is 327 g/mol. The van der Waals surface area contributed by atoms with Crippen molar-refractivity contribution in [3.05, 3.63) is 34.6 Å². The SMILES string of the molecule is O=C([C@H]1CCCO1)N1CCN(Cc2c(F)cccc2Cl)CC1. The number of carbonyl (C=O) groups is 1. The Bertz CT molecular complexity index is 521. The summed E-state index contributed by atoms with van der Waals surface area (Å²) >= 11 is 6.07. The van der Waals surface area contributed by atoms with Gasteiger partial charge in [-0.15, -0.1) is 0 Å². The summed E-state index contributed by atoms with van der Waals surface area (Å²) < 4.78 is 19.3. The number of piperazine rings is 1. The minimum atomic E-state index is -0.273. The van der Waals surface area contributed by atoms with Gasteiger partial charge in [-0.05, 0) is 25.0 Å². The quantitative estimate of drug-likeness (QED) is 0.854. The minimum absolute atomic E-state index is 0.0982. The van der Waals surface area contributed by atoms with Crippen LogP contribution in [0.3, 0.4) is 0 Å². The zero-order chi connectivity index (χ0) is 15.5. The van der Waals surface area contributed by atoms with Crippen LogP contribution in [0, 0.1) is 5.82 Å². The van der Waals surface area contributed by atoms with Crippen LogP contribution in [-0.4, -0.2) is 54.6 Å². The molecule has 0 N–H and O–H groups in total. The fourth-order valence-electron chi connectivity index (χ4n) is 3.01. The standard InChI is InChI=1S/C16H20ClFN2O2/c17-13-3-1-4-14(18)12(13)11-19-6-8-20(9-7-19)16(21)15-5-2-10-22-15/h1,3-4,15H,2,5-11H2/t15-/m1/s1. The van der Waals surface area contributed by atoms with Gasteiger partial charge in [-0.3, -0.25) is 9.69 Å². The first kappa shape index (κ1) is 15.7. The second-order valence-corrected chi connectivity index (χ2v) is 6.21. The van der Waals surface area contributed by atoms with Crippen LogP contribution in [0.1, 0.15) is 18.4 Å². The molecule has 1 amide bonds. The van der Waals surface area contributed by atoms with E-state index >= 15 is 0 Å². The molecular weight excluding hydrogens is 307 g/mol. The Balaban J connectivity index is 1.54. The highest BCUT2D eigenvalue weighted by molar-refractivity contribution is 6.31. The van der Waals surface area contributed by atoms with Gasteiger partial charge in [0, 0.05) is 49.9 Å². The van der Waals surface area contributed by atoms with Crippen molar-refractivity contribution < 1.29 is 13.9 Å². The van der Waals surface area contributed by atoms with Crippen molar-refractivity contribution in [3.8, 4) is 0 Å². The van der Waals surface area contributed by atoms with Gasteiger partial charge in [0.2, 0.25) is 0 Å². The third-order valence-electron chi connectivity index (χ3n) is 4.33. The Hall–Kier alpha value is -1.17. The van der Waals surface area contributed by atoms with Gasteiger partial charge in [-0.1, -0.05) is 17.7 Å². The van der Waals surface area contributed by atoms with E-state index < -0.39 is 0 Å². The zero-order valence-electron chi connectivity index (χ0n) is 12.4. The molecule has 0 saturated carbocycles. The van der Waals surface area contributed by atoms with Gasteiger partial charge in [0.25, 0.3) is 5.91 Å². The third-order valence-corrected chi connectivity index (χ3v) is 4.69. The summed E-state index contributed by atoms with van der Waals surface area (Å²) in [6, 6.07) is 4.75. The predicted octanol–water partition coefficient (Wildman–Crippen LogP) is 2.30. The molecule has 2 heterocycles. The molecule has 22 heavy (non-hydrogen) atoms. The Kier molecular flexibility index (Phi) is 4.96. The molecule has 120 valence electrons. The highest BCUT2D eigenvalue weighted by Gasteiger charge is 2.30. The first-order valence-electron chi connectivity index (χ1n) is 7.71. The molecule has 2 aliphatic rings. The van der Waals surface area contributed by atoms with Crippen molar-refractivity contribution in [2.45, 2.75) is 25.5 Å². The molecule has 1 aromatic carbocycles. The van der Waals surface area contributed by atoms with Gasteiger partial charge in [-0.2, -0.15) is 0 Å². The van der Waals surface area contributed by atoms with E-state index in [0.29, 0.717) is 36.8 Å². The molecule has 0 radical (unpaired) electrons. The first-order chi connectivity index (χ1) is 10.6. The van der Waals surface area contributed by atoms with E-state index in [2.05, 4.69) is 4.90 Å². The van der Waals surface area contributed by atoms with Crippen LogP contribution in [0.25, 0.3) is 0 Å². The summed E-state index contributed by atoms with van der Waals surface area (Å²) in [6.45, 7) is 3.93. The van der Waals surface area contributed by atoms with Crippen LogP contribution < -0.4 is 0 Å². The largest absolute Gasteiger partial charge is 0.368 e. The van der Waals surface area contributed by atoms with Crippen molar-refractivity contribution in [1.29, 1.82) is 0 Å². The lowest BCUT2D eigenvalue weighted by Gasteiger charge is -2.35. The molecule has 2 fully saturated rings. The molecule has 1 atom stereocenters. The topological polar surface area (TPSA) is 32.8 Å². The Labute approximate surface area is 134 Å². The number of nitrogens with zero attached hydrogens (tertiary/aromatic N) is 2. The molecule has 6 heteroatoms. The second-order valence-electron chi connectivity index (χ2n) is 5.80. The van der Waals surface area contributed by atoms with Crippen molar-refractivity contribution in [2.75, 3.05) is 32.8 Å². The number of hydrogen-bond acceptors (Lipinski definition) is 3. The van der Waals surface area contributed by atoms with Gasteiger partial charge in [0.05, 0.1) is 0 Å². The number of carbonyl (C=O) groups excluding carboxylic acids is 1. The van der Waals surface area contributed by atoms with E-state index in [1.165, 1.54) is 6.07 Å². The second kappa shape index (κ2) is 6.94. The maximum Gasteiger partial charge on any atom is 0.251 e. The van der Waals surface area contributed by atoms with Crippen LogP contribution in [0.4, 0.5) is 4.39 Å². The van der Waals surface area contributed by atoms with Crippen molar-refractivity contribution in [2.24, 2.45) is 0 Å². The predicted molar refractivity (Wildman–Crippen MR) is 82.2 cm³/mol. The Morgan fingerprint density at radius 2 is 2.09 bits per heavy atom. The summed E-state index contributed by atoms with van der Waals surface area (Å²) in [5, 5.41) is 0.456. The number of halogens is 2. The number of rotatable bonds is 3. The van der Waals surface area contributed by atoms with Crippen LogP contribution in [0.2, 0.25) is 5.02 Å². The van der Waals surface area contributed by atoms with Gasteiger partial charge >= 0.3 is 0 Å².